The highest BCUT2D eigenvalue weighted by Crippen LogP contribution is 2.03. The molecule has 1 amide bonds. The Morgan fingerprint density at radius 1 is 1.64 bits per heavy atom. The van der Waals surface area contributed by atoms with E-state index in [0.29, 0.717) is 12.3 Å². The van der Waals surface area contributed by atoms with Gasteiger partial charge < -0.3 is 5.32 Å². The van der Waals surface area contributed by atoms with Crippen LogP contribution in [0.2, 0.25) is 0 Å². The van der Waals surface area contributed by atoms with Gasteiger partial charge in [-0.2, -0.15) is 0 Å². The van der Waals surface area contributed by atoms with Crippen LogP contribution in [0, 0.1) is 5.92 Å². The Morgan fingerprint density at radius 3 is 2.73 bits per heavy atom. The van der Waals surface area contributed by atoms with Crippen molar-refractivity contribution in [2.45, 2.75) is 26.7 Å². The molecular formula is C9H17NO. The van der Waals surface area contributed by atoms with Crippen LogP contribution in [-0.2, 0) is 4.79 Å². The lowest BCUT2D eigenvalue weighted by atomic mass is 10.1. The Hall–Kier alpha value is -0.790. The summed E-state index contributed by atoms with van der Waals surface area (Å²) in [5.74, 6) is 0.466. The van der Waals surface area contributed by atoms with Gasteiger partial charge in [-0.25, -0.2) is 0 Å². The molecule has 0 fully saturated rings. The van der Waals surface area contributed by atoms with Crippen LogP contribution < -0.4 is 5.32 Å². The van der Waals surface area contributed by atoms with Crippen molar-refractivity contribution in [2.24, 2.45) is 5.92 Å². The smallest absolute Gasteiger partial charge is 0.220 e. The van der Waals surface area contributed by atoms with Gasteiger partial charge in [-0.05, 0) is 12.3 Å². The van der Waals surface area contributed by atoms with E-state index in [1.54, 1.807) is 7.05 Å². The predicted octanol–water partition coefficient (Wildman–Crippen LogP) is 1.72. The standard InChI is InChI=1S/C9H17NO/c1-4-5-6-8(2)7-9(11)10-3/h5-6,8H,4,7H2,1-3H3,(H,10,11)/b6-5+. The van der Waals surface area contributed by atoms with E-state index >= 15 is 0 Å². The number of allylic oxidation sites excluding steroid dienone is 2. The molecule has 2 nitrogen and oxygen atoms in total. The molecule has 11 heavy (non-hydrogen) atoms. The number of hydrogen-bond donors (Lipinski definition) is 1. The van der Waals surface area contributed by atoms with E-state index in [1.165, 1.54) is 0 Å². The maximum Gasteiger partial charge on any atom is 0.220 e. The topological polar surface area (TPSA) is 29.1 Å². The highest BCUT2D eigenvalue weighted by Gasteiger charge is 2.02. The molecule has 0 aliphatic carbocycles. The second-order valence-electron chi connectivity index (χ2n) is 2.69. The zero-order valence-corrected chi connectivity index (χ0v) is 7.55. The van der Waals surface area contributed by atoms with Crippen molar-refractivity contribution in [3.05, 3.63) is 12.2 Å². The third-order valence-corrected chi connectivity index (χ3v) is 1.49. The van der Waals surface area contributed by atoms with Crippen LogP contribution in [0.5, 0.6) is 0 Å². The SMILES string of the molecule is CC/C=C/C(C)CC(=O)NC. The number of amides is 1. The largest absolute Gasteiger partial charge is 0.359 e. The van der Waals surface area contributed by atoms with Crippen molar-refractivity contribution in [3.8, 4) is 0 Å². The summed E-state index contributed by atoms with van der Waals surface area (Å²) in [6.45, 7) is 4.13. The van der Waals surface area contributed by atoms with Crippen LogP contribution in [0.1, 0.15) is 26.7 Å². The molecular weight excluding hydrogens is 138 g/mol. The molecule has 1 atom stereocenters. The summed E-state index contributed by atoms with van der Waals surface area (Å²) < 4.78 is 0. The van der Waals surface area contributed by atoms with E-state index in [1.807, 2.05) is 6.92 Å². The molecule has 0 spiro atoms. The highest BCUT2D eigenvalue weighted by atomic mass is 16.1. The molecule has 0 aliphatic rings. The third kappa shape index (κ3) is 5.64. The monoisotopic (exact) mass is 155 g/mol. The van der Waals surface area contributed by atoms with Crippen molar-refractivity contribution in [1.82, 2.24) is 5.32 Å². The third-order valence-electron chi connectivity index (χ3n) is 1.49. The molecule has 0 rings (SSSR count). The fourth-order valence-corrected chi connectivity index (χ4v) is 0.831. The first kappa shape index (κ1) is 10.2. The first-order valence-electron chi connectivity index (χ1n) is 4.08. The molecule has 2 heteroatoms. The summed E-state index contributed by atoms with van der Waals surface area (Å²) in [5.41, 5.74) is 0. The maximum absolute atomic E-state index is 10.8. The number of hydrogen-bond acceptors (Lipinski definition) is 1. The first-order chi connectivity index (χ1) is 5.20. The van der Waals surface area contributed by atoms with Gasteiger partial charge in [0, 0.05) is 13.5 Å². The van der Waals surface area contributed by atoms with E-state index in [2.05, 4.69) is 24.4 Å². The minimum Gasteiger partial charge on any atom is -0.359 e. The lowest BCUT2D eigenvalue weighted by molar-refractivity contribution is -0.121. The summed E-state index contributed by atoms with van der Waals surface area (Å²) in [6.07, 6.45) is 5.80. The predicted molar refractivity (Wildman–Crippen MR) is 47.3 cm³/mol. The van der Waals surface area contributed by atoms with E-state index in [4.69, 9.17) is 0 Å². The Bertz CT molecular complexity index is 140. The quantitative estimate of drug-likeness (QED) is 0.615. The fourth-order valence-electron chi connectivity index (χ4n) is 0.831. The minimum absolute atomic E-state index is 0.109. The van der Waals surface area contributed by atoms with Crippen molar-refractivity contribution >= 4 is 5.91 Å². The molecule has 1 unspecified atom stereocenters. The average Bonchev–Trinajstić information content (AvgIpc) is 2.00. The van der Waals surface area contributed by atoms with Gasteiger partial charge in [-0.1, -0.05) is 26.0 Å². The molecule has 0 saturated heterocycles. The van der Waals surface area contributed by atoms with E-state index < -0.39 is 0 Å². The van der Waals surface area contributed by atoms with Gasteiger partial charge in [0.2, 0.25) is 5.91 Å². The first-order valence-corrected chi connectivity index (χ1v) is 4.08. The Morgan fingerprint density at radius 2 is 2.27 bits per heavy atom. The zero-order chi connectivity index (χ0) is 8.69. The summed E-state index contributed by atoms with van der Waals surface area (Å²) in [6, 6.07) is 0. The Balaban J connectivity index is 3.59. The zero-order valence-electron chi connectivity index (χ0n) is 7.55. The molecule has 0 saturated carbocycles. The molecule has 0 bridgehead atoms. The second-order valence-corrected chi connectivity index (χ2v) is 2.69. The van der Waals surface area contributed by atoms with Gasteiger partial charge in [0.25, 0.3) is 0 Å². The molecule has 1 N–H and O–H groups in total. The average molecular weight is 155 g/mol. The lowest BCUT2D eigenvalue weighted by Gasteiger charge is -2.03. The van der Waals surface area contributed by atoms with Gasteiger partial charge in [0.1, 0.15) is 0 Å². The van der Waals surface area contributed by atoms with Gasteiger partial charge in [0.05, 0.1) is 0 Å². The van der Waals surface area contributed by atoms with Crippen LogP contribution in [0.15, 0.2) is 12.2 Å². The Labute approximate surface area is 68.7 Å². The number of carbonyl (C=O) groups excluding carboxylic acids is 1. The van der Waals surface area contributed by atoms with Gasteiger partial charge in [-0.3, -0.25) is 4.79 Å². The molecule has 0 heterocycles. The summed E-state index contributed by atoms with van der Waals surface area (Å²) in [4.78, 5) is 10.8. The van der Waals surface area contributed by atoms with Crippen molar-refractivity contribution in [3.63, 3.8) is 0 Å². The van der Waals surface area contributed by atoms with Crippen LogP contribution in [0.25, 0.3) is 0 Å². The van der Waals surface area contributed by atoms with Gasteiger partial charge in [0.15, 0.2) is 0 Å². The minimum atomic E-state index is 0.109. The van der Waals surface area contributed by atoms with Crippen molar-refractivity contribution in [2.75, 3.05) is 7.05 Å². The fraction of sp³-hybridized carbons (Fsp3) is 0.667. The maximum atomic E-state index is 10.8. The van der Waals surface area contributed by atoms with Gasteiger partial charge in [-0.15, -0.1) is 0 Å². The van der Waals surface area contributed by atoms with Gasteiger partial charge >= 0.3 is 0 Å². The lowest BCUT2D eigenvalue weighted by Crippen LogP contribution is -2.19. The summed E-state index contributed by atoms with van der Waals surface area (Å²) in [5, 5.41) is 2.60. The number of nitrogens with one attached hydrogen (secondary N) is 1. The van der Waals surface area contributed by atoms with Crippen molar-refractivity contribution in [1.29, 1.82) is 0 Å². The Kier molecular flexibility index (Phi) is 5.53. The van der Waals surface area contributed by atoms with Crippen LogP contribution in [-0.4, -0.2) is 13.0 Å². The van der Waals surface area contributed by atoms with Crippen molar-refractivity contribution < 1.29 is 4.79 Å². The second kappa shape index (κ2) is 5.96. The normalized spacial score (nSPS) is 13.4. The van der Waals surface area contributed by atoms with E-state index in [9.17, 15) is 4.79 Å². The summed E-state index contributed by atoms with van der Waals surface area (Å²) in [7, 11) is 1.67. The number of carbonyl (C=O) groups is 1. The van der Waals surface area contributed by atoms with E-state index in [0.717, 1.165) is 6.42 Å². The summed E-state index contributed by atoms with van der Waals surface area (Å²) >= 11 is 0. The molecule has 0 radical (unpaired) electrons. The van der Waals surface area contributed by atoms with Crippen LogP contribution >= 0.6 is 0 Å². The molecule has 64 valence electrons. The molecule has 0 aliphatic heterocycles. The molecule has 0 aromatic rings. The van der Waals surface area contributed by atoms with Crippen LogP contribution in [0.3, 0.4) is 0 Å². The molecule has 0 aromatic heterocycles. The van der Waals surface area contributed by atoms with Crippen LogP contribution in [0.4, 0.5) is 0 Å². The molecule has 0 aromatic carbocycles. The van der Waals surface area contributed by atoms with E-state index in [-0.39, 0.29) is 5.91 Å². The number of rotatable bonds is 4. The highest BCUT2D eigenvalue weighted by molar-refractivity contribution is 5.75.